The topological polar surface area (TPSA) is 9.23 Å². The zero-order valence-electron chi connectivity index (χ0n) is 15.7. The summed E-state index contributed by atoms with van der Waals surface area (Å²) >= 11 is 0. The van der Waals surface area contributed by atoms with Crippen LogP contribution in [0.5, 0.6) is 5.75 Å². The van der Waals surface area contributed by atoms with E-state index in [4.69, 9.17) is 0 Å². The molecule has 0 atom stereocenters. The highest BCUT2D eigenvalue weighted by Crippen LogP contribution is 2.33. The van der Waals surface area contributed by atoms with Gasteiger partial charge in [0.2, 0.25) is 0 Å². The molecule has 4 heteroatoms. The van der Waals surface area contributed by atoms with Gasteiger partial charge in [-0.3, -0.25) is 0 Å². The molecule has 2 rings (SSSR count). The number of hydrogen-bond donors (Lipinski definition) is 0. The largest absolute Gasteiger partial charge is 0.573 e. The van der Waals surface area contributed by atoms with E-state index in [1.54, 1.807) is 12.1 Å². The molecule has 1 aliphatic rings. The lowest BCUT2D eigenvalue weighted by Crippen LogP contribution is -2.16. The number of unbranched alkanes of at least 4 members (excludes halogenated alkanes) is 2. The number of halogens is 3. The number of hydrogen-bond acceptors (Lipinski definition) is 1. The van der Waals surface area contributed by atoms with E-state index < -0.39 is 6.36 Å². The third kappa shape index (κ3) is 8.29. The van der Waals surface area contributed by atoms with Gasteiger partial charge >= 0.3 is 6.36 Å². The number of alkyl halides is 3. The molecule has 0 aromatic heterocycles. The Morgan fingerprint density at radius 2 is 1.62 bits per heavy atom. The van der Waals surface area contributed by atoms with E-state index in [9.17, 15) is 13.2 Å². The van der Waals surface area contributed by atoms with Gasteiger partial charge in [0, 0.05) is 0 Å². The second-order valence-electron chi connectivity index (χ2n) is 7.49. The van der Waals surface area contributed by atoms with Crippen molar-refractivity contribution < 1.29 is 17.9 Å². The molecule has 0 unspecified atom stereocenters. The van der Waals surface area contributed by atoms with Crippen molar-refractivity contribution in [3.63, 3.8) is 0 Å². The first-order valence-electron chi connectivity index (χ1n) is 9.96. The summed E-state index contributed by atoms with van der Waals surface area (Å²) in [6.07, 6.45) is 12.5. The summed E-state index contributed by atoms with van der Waals surface area (Å²) in [7, 11) is 0. The van der Waals surface area contributed by atoms with E-state index in [0.717, 1.165) is 30.2 Å². The summed E-state index contributed by atoms with van der Waals surface area (Å²) in [6.45, 7) is 2.26. The van der Waals surface area contributed by atoms with Crippen molar-refractivity contribution in [2.45, 2.75) is 77.5 Å². The molecule has 1 nitrogen and oxygen atoms in total. The first kappa shape index (κ1) is 20.9. The Kier molecular flexibility index (Phi) is 8.53. The van der Waals surface area contributed by atoms with Crippen LogP contribution in [0.15, 0.2) is 36.4 Å². The molecule has 1 aliphatic carbocycles. The maximum absolute atomic E-state index is 12.1. The van der Waals surface area contributed by atoms with E-state index in [2.05, 4.69) is 23.8 Å². The van der Waals surface area contributed by atoms with Crippen LogP contribution in [0.25, 0.3) is 0 Å². The first-order valence-corrected chi connectivity index (χ1v) is 9.96. The summed E-state index contributed by atoms with van der Waals surface area (Å²) in [5.41, 5.74) is 0.996. The molecule has 0 radical (unpaired) electrons. The Bertz CT molecular complexity index is 525. The van der Waals surface area contributed by atoms with Gasteiger partial charge in [-0.05, 0) is 55.2 Å². The zero-order valence-corrected chi connectivity index (χ0v) is 15.7. The van der Waals surface area contributed by atoms with Gasteiger partial charge in [0.25, 0.3) is 0 Å². The predicted octanol–water partition coefficient (Wildman–Crippen LogP) is 7.46. The van der Waals surface area contributed by atoms with Crippen LogP contribution in [0.1, 0.15) is 70.3 Å². The molecule has 0 N–H and O–H groups in total. The van der Waals surface area contributed by atoms with Crippen molar-refractivity contribution in [2.24, 2.45) is 11.8 Å². The molecule has 0 amide bonds. The van der Waals surface area contributed by atoms with Crippen molar-refractivity contribution in [1.29, 1.82) is 0 Å². The van der Waals surface area contributed by atoms with Crippen LogP contribution in [-0.2, 0) is 6.42 Å². The third-order valence-corrected chi connectivity index (χ3v) is 5.33. The Balaban J connectivity index is 1.64. The van der Waals surface area contributed by atoms with E-state index in [0.29, 0.717) is 0 Å². The Hall–Kier alpha value is -1.45. The quantitative estimate of drug-likeness (QED) is 0.325. The molecule has 1 aromatic rings. The molecule has 0 bridgehead atoms. The summed E-state index contributed by atoms with van der Waals surface area (Å²) in [5, 5.41) is 0. The van der Waals surface area contributed by atoms with Crippen molar-refractivity contribution in [3.8, 4) is 5.75 Å². The van der Waals surface area contributed by atoms with Gasteiger partial charge in [-0.2, -0.15) is 0 Å². The Morgan fingerprint density at radius 3 is 2.23 bits per heavy atom. The maximum Gasteiger partial charge on any atom is 0.573 e. The molecule has 1 fully saturated rings. The molecule has 26 heavy (non-hydrogen) atoms. The van der Waals surface area contributed by atoms with Crippen molar-refractivity contribution in [3.05, 3.63) is 42.0 Å². The molecular weight excluding hydrogens is 337 g/mol. The third-order valence-electron chi connectivity index (χ3n) is 5.33. The highest BCUT2D eigenvalue weighted by atomic mass is 19.4. The first-order chi connectivity index (χ1) is 12.5. The van der Waals surface area contributed by atoms with Crippen LogP contribution in [0.4, 0.5) is 13.2 Å². The minimum Gasteiger partial charge on any atom is -0.406 e. The second kappa shape index (κ2) is 10.6. The highest BCUT2D eigenvalue weighted by Gasteiger charge is 2.30. The lowest BCUT2D eigenvalue weighted by Gasteiger charge is -2.27. The maximum atomic E-state index is 12.1. The molecule has 1 saturated carbocycles. The van der Waals surface area contributed by atoms with Crippen LogP contribution in [0, 0.1) is 11.8 Å². The second-order valence-corrected chi connectivity index (χ2v) is 7.49. The fourth-order valence-electron chi connectivity index (χ4n) is 3.77. The van der Waals surface area contributed by atoms with E-state index >= 15 is 0 Å². The average Bonchev–Trinajstić information content (AvgIpc) is 2.60. The summed E-state index contributed by atoms with van der Waals surface area (Å²) in [5.74, 6) is 1.58. The average molecular weight is 368 g/mol. The fraction of sp³-hybridized carbons (Fsp3) is 0.636. The van der Waals surface area contributed by atoms with Crippen molar-refractivity contribution >= 4 is 0 Å². The predicted molar refractivity (Wildman–Crippen MR) is 100 cm³/mol. The number of allylic oxidation sites excluding steroid dienone is 2. The van der Waals surface area contributed by atoms with Crippen LogP contribution in [0.2, 0.25) is 0 Å². The standard InChI is InChI=1S/C22H31F3O/c1-2-3-4-7-18-10-12-19(13-11-18)8-5-6-9-20-14-16-21(17-15-20)26-22(23,24)25/h5-6,14-19H,2-4,7-13H2,1H3. The van der Waals surface area contributed by atoms with E-state index in [-0.39, 0.29) is 5.75 Å². The Morgan fingerprint density at radius 1 is 0.962 bits per heavy atom. The van der Waals surface area contributed by atoms with Crippen LogP contribution in [0.3, 0.4) is 0 Å². The molecule has 0 saturated heterocycles. The summed E-state index contributed by atoms with van der Waals surface area (Å²) in [6, 6.07) is 6.12. The zero-order chi connectivity index (χ0) is 18.8. The lowest BCUT2D eigenvalue weighted by molar-refractivity contribution is -0.274. The van der Waals surface area contributed by atoms with E-state index in [1.165, 1.54) is 63.5 Å². The fourth-order valence-corrected chi connectivity index (χ4v) is 3.77. The SMILES string of the molecule is CCCCCC1CCC(CC=CCc2ccc(OC(F)(F)F)cc2)CC1. The normalized spacial score (nSPS) is 21.2. The molecule has 0 spiro atoms. The number of ether oxygens (including phenoxy) is 1. The van der Waals surface area contributed by atoms with Crippen LogP contribution >= 0.6 is 0 Å². The van der Waals surface area contributed by atoms with Crippen molar-refractivity contribution in [2.75, 3.05) is 0 Å². The van der Waals surface area contributed by atoms with Gasteiger partial charge in [0.15, 0.2) is 0 Å². The number of benzene rings is 1. The molecule has 0 heterocycles. The van der Waals surface area contributed by atoms with E-state index in [1.807, 2.05) is 0 Å². The molecule has 0 aliphatic heterocycles. The molecular formula is C22H31F3O. The van der Waals surface area contributed by atoms with Gasteiger partial charge in [-0.15, -0.1) is 13.2 Å². The van der Waals surface area contributed by atoms with Crippen LogP contribution < -0.4 is 4.74 Å². The monoisotopic (exact) mass is 368 g/mol. The highest BCUT2D eigenvalue weighted by molar-refractivity contribution is 5.28. The van der Waals surface area contributed by atoms with Gasteiger partial charge in [0.1, 0.15) is 5.75 Å². The Labute approximate surface area is 155 Å². The molecule has 1 aromatic carbocycles. The van der Waals surface area contributed by atoms with Gasteiger partial charge in [-0.25, -0.2) is 0 Å². The minimum absolute atomic E-state index is 0.166. The van der Waals surface area contributed by atoms with Crippen LogP contribution in [-0.4, -0.2) is 6.36 Å². The van der Waals surface area contributed by atoms with Gasteiger partial charge in [0.05, 0.1) is 0 Å². The minimum atomic E-state index is -4.63. The van der Waals surface area contributed by atoms with Gasteiger partial charge < -0.3 is 4.74 Å². The van der Waals surface area contributed by atoms with Crippen molar-refractivity contribution in [1.82, 2.24) is 0 Å². The summed E-state index contributed by atoms with van der Waals surface area (Å²) in [4.78, 5) is 0. The smallest absolute Gasteiger partial charge is 0.406 e. The van der Waals surface area contributed by atoms with Gasteiger partial charge in [-0.1, -0.05) is 69.7 Å². The lowest BCUT2D eigenvalue weighted by atomic mass is 9.78. The molecule has 146 valence electrons. The number of rotatable bonds is 9. The summed E-state index contributed by atoms with van der Waals surface area (Å²) < 4.78 is 40.3.